The van der Waals surface area contributed by atoms with Gasteiger partial charge in [-0.1, -0.05) is 6.07 Å². The summed E-state index contributed by atoms with van der Waals surface area (Å²) in [6.45, 7) is -0.789. The van der Waals surface area contributed by atoms with Gasteiger partial charge in [-0.25, -0.2) is 13.6 Å². The topological polar surface area (TPSA) is 114 Å². The zero-order valence-electron chi connectivity index (χ0n) is 14.3. The van der Waals surface area contributed by atoms with Gasteiger partial charge in [0, 0.05) is 18.8 Å². The Kier molecular flexibility index (Phi) is 6.10. The smallest absolute Gasteiger partial charge is 0.333 e. The van der Waals surface area contributed by atoms with E-state index in [0.717, 1.165) is 21.4 Å². The van der Waals surface area contributed by atoms with Crippen LogP contribution in [0.25, 0.3) is 0 Å². The normalized spacial score (nSPS) is 24.6. The number of ether oxygens (including phenoxy) is 1. The molecular weight excluding hydrogens is 446 g/mol. The Morgan fingerprint density at radius 3 is 2.50 bits per heavy atom. The van der Waals surface area contributed by atoms with Crippen LogP contribution in [0.1, 0.15) is 11.8 Å². The van der Waals surface area contributed by atoms with Crippen LogP contribution in [-0.2, 0) is 17.7 Å². The number of aromatic nitrogens is 2. The summed E-state index contributed by atoms with van der Waals surface area (Å²) < 4.78 is 33.8. The van der Waals surface area contributed by atoms with E-state index in [-0.39, 0.29) is 23.0 Å². The van der Waals surface area contributed by atoms with Crippen LogP contribution in [0.3, 0.4) is 0 Å². The number of aryl methyl sites for hydroxylation is 1. The number of aliphatic hydroxyl groups is 3. The maximum atomic E-state index is 13.8. The highest BCUT2D eigenvalue weighted by Crippen LogP contribution is 2.28. The van der Waals surface area contributed by atoms with Crippen LogP contribution in [0.15, 0.2) is 38.5 Å². The minimum Gasteiger partial charge on any atom is -0.394 e. The molecule has 3 rings (SSSR count). The lowest BCUT2D eigenvalue weighted by Crippen LogP contribution is -2.44. The molecule has 1 aromatic carbocycles. The fourth-order valence-electron chi connectivity index (χ4n) is 3.03. The van der Waals surface area contributed by atoms with Crippen LogP contribution in [0.5, 0.6) is 0 Å². The number of halogens is 3. The molecular formula is C17H17BrF2N2O6. The summed E-state index contributed by atoms with van der Waals surface area (Å²) in [5, 5.41) is 29.2. The molecule has 0 unspecified atom stereocenters. The lowest BCUT2D eigenvalue weighted by Gasteiger charge is -2.19. The van der Waals surface area contributed by atoms with E-state index in [9.17, 15) is 33.7 Å². The van der Waals surface area contributed by atoms with Crippen molar-refractivity contribution in [2.75, 3.05) is 6.61 Å². The summed E-state index contributed by atoms with van der Waals surface area (Å²) in [5.74, 6) is -1.54. The molecule has 1 aromatic heterocycles. The van der Waals surface area contributed by atoms with E-state index >= 15 is 0 Å². The van der Waals surface area contributed by atoms with E-state index < -0.39 is 54.0 Å². The molecule has 1 aliphatic heterocycles. The number of hydrogen-bond acceptors (Lipinski definition) is 6. The first-order valence-electron chi connectivity index (χ1n) is 8.32. The molecule has 4 atom stereocenters. The minimum absolute atomic E-state index is 0.0237. The average molecular weight is 463 g/mol. The summed E-state index contributed by atoms with van der Waals surface area (Å²) >= 11 is 3.03. The van der Waals surface area contributed by atoms with Crippen molar-refractivity contribution in [3.63, 3.8) is 0 Å². The third-order valence-electron chi connectivity index (χ3n) is 4.56. The lowest BCUT2D eigenvalue weighted by molar-refractivity contribution is -0.0557. The second kappa shape index (κ2) is 8.21. The molecule has 8 nitrogen and oxygen atoms in total. The van der Waals surface area contributed by atoms with Gasteiger partial charge in [0.1, 0.15) is 29.9 Å². The molecule has 3 N–H and O–H groups in total. The van der Waals surface area contributed by atoms with E-state index in [1.54, 1.807) is 0 Å². The number of aliphatic hydroxyl groups excluding tert-OH is 3. The van der Waals surface area contributed by atoms with Crippen LogP contribution in [-0.4, -0.2) is 49.4 Å². The molecule has 1 saturated heterocycles. The predicted octanol–water partition coefficient (Wildman–Crippen LogP) is -0.0951. The summed E-state index contributed by atoms with van der Waals surface area (Å²) in [5.41, 5.74) is -1.42. The SMILES string of the molecule is O=c1c(Br)cn([C@@H]2O[C@H](CO)[C@H](O)[C@@H]2O)c(=O)n1CCc1ccc(F)cc1F. The summed E-state index contributed by atoms with van der Waals surface area (Å²) in [7, 11) is 0. The third kappa shape index (κ3) is 3.80. The maximum Gasteiger partial charge on any atom is 0.333 e. The summed E-state index contributed by atoms with van der Waals surface area (Å²) in [6.07, 6.45) is -4.31. The highest BCUT2D eigenvalue weighted by atomic mass is 79.9. The fraction of sp³-hybridized carbons (Fsp3) is 0.412. The van der Waals surface area contributed by atoms with Gasteiger partial charge in [-0.3, -0.25) is 13.9 Å². The van der Waals surface area contributed by atoms with Gasteiger partial charge in [-0.15, -0.1) is 0 Å². The van der Waals surface area contributed by atoms with Gasteiger partial charge in [-0.2, -0.15) is 0 Å². The molecule has 2 heterocycles. The van der Waals surface area contributed by atoms with Crippen molar-refractivity contribution in [1.82, 2.24) is 9.13 Å². The van der Waals surface area contributed by atoms with Crippen molar-refractivity contribution in [2.45, 2.75) is 37.5 Å². The van der Waals surface area contributed by atoms with Gasteiger partial charge >= 0.3 is 5.69 Å². The molecule has 152 valence electrons. The number of benzene rings is 1. The molecule has 0 bridgehead atoms. The first-order valence-corrected chi connectivity index (χ1v) is 9.11. The zero-order valence-corrected chi connectivity index (χ0v) is 15.9. The Bertz CT molecular complexity index is 995. The second-order valence-electron chi connectivity index (χ2n) is 6.34. The molecule has 1 fully saturated rings. The molecule has 1 aliphatic rings. The summed E-state index contributed by atoms with van der Waals surface area (Å²) in [4.78, 5) is 25.1. The quantitative estimate of drug-likeness (QED) is 0.571. The fourth-order valence-corrected chi connectivity index (χ4v) is 3.47. The van der Waals surface area contributed by atoms with Gasteiger partial charge in [0.15, 0.2) is 6.23 Å². The third-order valence-corrected chi connectivity index (χ3v) is 5.11. The Balaban J connectivity index is 1.94. The summed E-state index contributed by atoms with van der Waals surface area (Å²) in [6, 6.07) is 2.99. The van der Waals surface area contributed by atoms with Crippen molar-refractivity contribution in [3.8, 4) is 0 Å². The lowest BCUT2D eigenvalue weighted by atomic mass is 10.1. The van der Waals surface area contributed by atoms with Gasteiger partial charge < -0.3 is 20.1 Å². The van der Waals surface area contributed by atoms with Crippen LogP contribution >= 0.6 is 15.9 Å². The van der Waals surface area contributed by atoms with Crippen LogP contribution in [0.4, 0.5) is 8.78 Å². The molecule has 0 saturated carbocycles. The van der Waals surface area contributed by atoms with Crippen molar-refractivity contribution < 1.29 is 28.8 Å². The minimum atomic E-state index is -1.51. The molecule has 0 spiro atoms. The molecule has 2 aromatic rings. The van der Waals surface area contributed by atoms with Crippen LogP contribution in [0, 0.1) is 11.6 Å². The highest BCUT2D eigenvalue weighted by molar-refractivity contribution is 9.10. The van der Waals surface area contributed by atoms with Gasteiger partial charge in [0.2, 0.25) is 0 Å². The highest BCUT2D eigenvalue weighted by Gasteiger charge is 2.44. The molecule has 0 aliphatic carbocycles. The molecule has 28 heavy (non-hydrogen) atoms. The van der Waals surface area contributed by atoms with Crippen LogP contribution in [0.2, 0.25) is 0 Å². The van der Waals surface area contributed by atoms with E-state index in [1.807, 2.05) is 0 Å². The zero-order chi connectivity index (χ0) is 20.6. The van der Waals surface area contributed by atoms with Crippen molar-refractivity contribution >= 4 is 15.9 Å². The van der Waals surface area contributed by atoms with Crippen molar-refractivity contribution in [2.24, 2.45) is 0 Å². The number of nitrogens with zero attached hydrogens (tertiary/aromatic N) is 2. The Morgan fingerprint density at radius 1 is 1.18 bits per heavy atom. The molecule has 0 amide bonds. The van der Waals surface area contributed by atoms with E-state index in [2.05, 4.69) is 15.9 Å². The second-order valence-corrected chi connectivity index (χ2v) is 7.19. The van der Waals surface area contributed by atoms with E-state index in [1.165, 1.54) is 6.07 Å². The Labute approximate surface area is 165 Å². The Morgan fingerprint density at radius 2 is 1.89 bits per heavy atom. The molecule has 0 radical (unpaired) electrons. The van der Waals surface area contributed by atoms with Gasteiger partial charge in [0.05, 0.1) is 11.1 Å². The monoisotopic (exact) mass is 462 g/mol. The first-order chi connectivity index (χ1) is 13.2. The van der Waals surface area contributed by atoms with E-state index in [4.69, 9.17) is 4.74 Å². The number of hydrogen-bond donors (Lipinski definition) is 3. The molecule has 11 heteroatoms. The Hall–Kier alpha value is -1.92. The standard InChI is InChI=1S/C17H17BrF2N2O6/c18-10-6-22(16-14(25)13(24)12(7-23)28-16)17(27)21(15(10)26)4-3-8-1-2-9(19)5-11(8)20/h1-2,5-6,12-14,16,23-25H,3-4,7H2/t12-,13+,14+,16-/m1/s1. The largest absolute Gasteiger partial charge is 0.394 e. The van der Waals surface area contributed by atoms with Gasteiger partial charge in [0.25, 0.3) is 5.56 Å². The average Bonchev–Trinajstić information content (AvgIpc) is 2.94. The number of rotatable bonds is 5. The van der Waals surface area contributed by atoms with E-state index in [0.29, 0.717) is 6.07 Å². The van der Waals surface area contributed by atoms with Crippen molar-refractivity contribution in [1.29, 1.82) is 0 Å². The first kappa shape index (κ1) is 20.8. The van der Waals surface area contributed by atoms with Crippen molar-refractivity contribution in [3.05, 3.63) is 66.9 Å². The predicted molar refractivity (Wildman–Crippen MR) is 95.7 cm³/mol. The van der Waals surface area contributed by atoms with Crippen LogP contribution < -0.4 is 11.2 Å². The maximum absolute atomic E-state index is 13.8. The van der Waals surface area contributed by atoms with Gasteiger partial charge in [-0.05, 0) is 34.0 Å².